The molecule has 16 heavy (non-hydrogen) atoms. The van der Waals surface area contributed by atoms with Crippen molar-refractivity contribution >= 4 is 11.7 Å². The largest absolute Gasteiger partial charge is 0.344 e. The molecule has 88 valence electrons. The second kappa shape index (κ2) is 6.29. The van der Waals surface area contributed by atoms with Gasteiger partial charge in [0.15, 0.2) is 0 Å². The Labute approximate surface area is 96.4 Å². The van der Waals surface area contributed by atoms with E-state index in [4.69, 9.17) is 6.42 Å². The smallest absolute Gasteiger partial charge is 0.234 e. The fourth-order valence-electron chi connectivity index (χ4n) is 2.06. The third-order valence-electron chi connectivity index (χ3n) is 2.76. The number of ketones is 1. The van der Waals surface area contributed by atoms with Crippen LogP contribution in [0.25, 0.3) is 0 Å². The summed E-state index contributed by atoms with van der Waals surface area (Å²) in [7, 11) is 0. The Bertz CT molecular complexity index is 307. The van der Waals surface area contributed by atoms with Crippen molar-refractivity contribution in [1.29, 1.82) is 0 Å². The maximum Gasteiger partial charge on any atom is 0.234 e. The lowest BCUT2D eigenvalue weighted by atomic mass is 10.1. The zero-order valence-electron chi connectivity index (χ0n) is 9.66. The van der Waals surface area contributed by atoms with Crippen molar-refractivity contribution in [3.8, 4) is 12.3 Å². The molecule has 0 bridgehead atoms. The van der Waals surface area contributed by atoms with Gasteiger partial charge in [0.2, 0.25) is 5.91 Å². The van der Waals surface area contributed by atoms with Gasteiger partial charge >= 0.3 is 0 Å². The molecule has 1 aliphatic heterocycles. The summed E-state index contributed by atoms with van der Waals surface area (Å²) >= 11 is 0. The van der Waals surface area contributed by atoms with E-state index in [1.807, 2.05) is 0 Å². The van der Waals surface area contributed by atoms with Crippen molar-refractivity contribution in [1.82, 2.24) is 10.2 Å². The molecule has 0 aromatic rings. The molecule has 4 nitrogen and oxygen atoms in total. The Kier molecular flexibility index (Phi) is 5.00. The first-order valence-corrected chi connectivity index (χ1v) is 5.57. The number of amides is 1. The van der Waals surface area contributed by atoms with Crippen molar-refractivity contribution in [2.45, 2.75) is 32.2 Å². The lowest BCUT2D eigenvalue weighted by Crippen LogP contribution is -2.40. The van der Waals surface area contributed by atoms with Gasteiger partial charge in [0.1, 0.15) is 5.78 Å². The number of carbonyl (C=O) groups excluding carboxylic acids is 2. The summed E-state index contributed by atoms with van der Waals surface area (Å²) in [6, 6.07) is 0.231. The van der Waals surface area contributed by atoms with Gasteiger partial charge in [0, 0.05) is 12.5 Å². The van der Waals surface area contributed by atoms with Crippen LogP contribution in [0, 0.1) is 12.3 Å². The van der Waals surface area contributed by atoms with Crippen LogP contribution in [0.4, 0.5) is 0 Å². The van der Waals surface area contributed by atoms with E-state index in [2.05, 4.69) is 16.1 Å². The highest BCUT2D eigenvalue weighted by atomic mass is 16.2. The predicted molar refractivity (Wildman–Crippen MR) is 61.7 cm³/mol. The SMILES string of the molecule is C#CCNC(=O)CN1CCCC1CC(C)=O. The number of likely N-dealkylation sites (tertiary alicyclic amines) is 1. The molecule has 0 aromatic heterocycles. The zero-order valence-corrected chi connectivity index (χ0v) is 9.66. The minimum absolute atomic E-state index is 0.0617. The number of hydrogen-bond donors (Lipinski definition) is 1. The molecular weight excluding hydrogens is 204 g/mol. The molecule has 1 fully saturated rings. The Morgan fingerprint density at radius 1 is 1.56 bits per heavy atom. The molecule has 0 aromatic carbocycles. The van der Waals surface area contributed by atoms with Crippen LogP contribution in [0.2, 0.25) is 0 Å². The summed E-state index contributed by atoms with van der Waals surface area (Å²) in [4.78, 5) is 24.6. The standard InChI is InChI=1S/C12H18N2O2/c1-3-6-13-12(16)9-14-7-4-5-11(14)8-10(2)15/h1,11H,4-9H2,2H3,(H,13,16). The van der Waals surface area contributed by atoms with Gasteiger partial charge in [-0.15, -0.1) is 6.42 Å². The maximum absolute atomic E-state index is 11.5. The van der Waals surface area contributed by atoms with Crippen LogP contribution in [0.1, 0.15) is 26.2 Å². The van der Waals surface area contributed by atoms with Gasteiger partial charge < -0.3 is 5.32 Å². The van der Waals surface area contributed by atoms with E-state index in [0.717, 1.165) is 19.4 Å². The minimum atomic E-state index is -0.0617. The van der Waals surface area contributed by atoms with E-state index in [9.17, 15) is 9.59 Å². The third kappa shape index (κ3) is 4.03. The fraction of sp³-hybridized carbons (Fsp3) is 0.667. The summed E-state index contributed by atoms with van der Waals surface area (Å²) in [6.07, 6.45) is 7.66. The molecule has 1 saturated heterocycles. The average Bonchev–Trinajstić information content (AvgIpc) is 2.62. The summed E-state index contributed by atoms with van der Waals surface area (Å²) in [5.41, 5.74) is 0. The maximum atomic E-state index is 11.5. The first-order chi connectivity index (χ1) is 7.63. The van der Waals surface area contributed by atoms with Gasteiger partial charge in [-0.3, -0.25) is 14.5 Å². The second-order valence-electron chi connectivity index (χ2n) is 4.15. The molecule has 4 heteroatoms. The summed E-state index contributed by atoms with van der Waals surface area (Å²) in [5, 5.41) is 2.63. The zero-order chi connectivity index (χ0) is 12.0. The van der Waals surface area contributed by atoms with Gasteiger partial charge in [-0.05, 0) is 26.3 Å². The molecule has 1 unspecified atom stereocenters. The van der Waals surface area contributed by atoms with E-state index in [-0.39, 0.29) is 24.3 Å². The highest BCUT2D eigenvalue weighted by Gasteiger charge is 2.26. The van der Waals surface area contributed by atoms with Crippen LogP contribution >= 0.6 is 0 Å². The first kappa shape index (κ1) is 12.7. The van der Waals surface area contributed by atoms with Crippen molar-refractivity contribution in [3.05, 3.63) is 0 Å². The molecule has 0 spiro atoms. The van der Waals surface area contributed by atoms with Gasteiger partial charge in [-0.25, -0.2) is 0 Å². The Morgan fingerprint density at radius 3 is 2.94 bits per heavy atom. The van der Waals surface area contributed by atoms with Gasteiger partial charge in [0.25, 0.3) is 0 Å². The number of hydrogen-bond acceptors (Lipinski definition) is 3. The molecule has 1 heterocycles. The Hall–Kier alpha value is -1.34. The van der Waals surface area contributed by atoms with Crippen LogP contribution in [0.5, 0.6) is 0 Å². The highest BCUT2D eigenvalue weighted by molar-refractivity contribution is 5.79. The van der Waals surface area contributed by atoms with Crippen molar-refractivity contribution in [2.75, 3.05) is 19.6 Å². The topological polar surface area (TPSA) is 49.4 Å². The third-order valence-corrected chi connectivity index (χ3v) is 2.76. The number of Topliss-reactive ketones (excluding diaryl/α,β-unsaturated/α-hetero) is 1. The average molecular weight is 222 g/mol. The van der Waals surface area contributed by atoms with Gasteiger partial charge in [-0.1, -0.05) is 5.92 Å². The molecule has 0 saturated carbocycles. The summed E-state index contributed by atoms with van der Waals surface area (Å²) in [6.45, 7) is 3.10. The van der Waals surface area contributed by atoms with Crippen molar-refractivity contribution in [2.24, 2.45) is 0 Å². The van der Waals surface area contributed by atoms with Crippen LogP contribution in [-0.4, -0.2) is 42.3 Å². The molecule has 0 radical (unpaired) electrons. The lowest BCUT2D eigenvalue weighted by molar-refractivity contribution is -0.123. The lowest BCUT2D eigenvalue weighted by Gasteiger charge is -2.22. The quantitative estimate of drug-likeness (QED) is 0.675. The van der Waals surface area contributed by atoms with E-state index < -0.39 is 0 Å². The highest BCUT2D eigenvalue weighted by Crippen LogP contribution is 2.19. The monoisotopic (exact) mass is 222 g/mol. The number of terminal acetylenes is 1. The van der Waals surface area contributed by atoms with Crippen LogP contribution < -0.4 is 5.32 Å². The summed E-state index contributed by atoms with van der Waals surface area (Å²) in [5.74, 6) is 2.48. The van der Waals surface area contributed by atoms with E-state index in [0.29, 0.717) is 13.0 Å². The molecule has 1 N–H and O–H groups in total. The minimum Gasteiger partial charge on any atom is -0.344 e. The van der Waals surface area contributed by atoms with Crippen molar-refractivity contribution in [3.63, 3.8) is 0 Å². The second-order valence-corrected chi connectivity index (χ2v) is 4.15. The molecular formula is C12H18N2O2. The number of carbonyl (C=O) groups is 2. The Balaban J connectivity index is 2.37. The Morgan fingerprint density at radius 2 is 2.31 bits per heavy atom. The number of nitrogens with one attached hydrogen (secondary N) is 1. The number of nitrogens with zero attached hydrogens (tertiary/aromatic N) is 1. The van der Waals surface area contributed by atoms with Gasteiger partial charge in [-0.2, -0.15) is 0 Å². The van der Waals surface area contributed by atoms with Crippen LogP contribution in [-0.2, 0) is 9.59 Å². The van der Waals surface area contributed by atoms with Crippen molar-refractivity contribution < 1.29 is 9.59 Å². The van der Waals surface area contributed by atoms with Gasteiger partial charge in [0.05, 0.1) is 13.1 Å². The normalized spacial score (nSPS) is 20.4. The molecule has 1 rings (SSSR count). The first-order valence-electron chi connectivity index (χ1n) is 5.57. The number of rotatable bonds is 5. The van der Waals surface area contributed by atoms with E-state index in [1.54, 1.807) is 6.92 Å². The fourth-order valence-corrected chi connectivity index (χ4v) is 2.06. The molecule has 1 amide bonds. The molecule has 1 aliphatic rings. The van der Waals surface area contributed by atoms with E-state index in [1.165, 1.54) is 0 Å². The van der Waals surface area contributed by atoms with E-state index >= 15 is 0 Å². The molecule has 1 atom stereocenters. The van der Waals surface area contributed by atoms with Crippen LogP contribution in [0.3, 0.4) is 0 Å². The summed E-state index contributed by atoms with van der Waals surface area (Å²) < 4.78 is 0. The predicted octanol–water partition coefficient (Wildman–Crippen LogP) is 0.179. The molecule has 0 aliphatic carbocycles. The van der Waals surface area contributed by atoms with Crippen LogP contribution in [0.15, 0.2) is 0 Å².